The second kappa shape index (κ2) is 10.9. The lowest BCUT2D eigenvalue weighted by molar-refractivity contribution is -0.871. The Hall–Kier alpha value is -2.95. The van der Waals surface area contributed by atoms with Gasteiger partial charge in [0, 0.05) is 5.69 Å². The molecule has 0 saturated heterocycles. The highest BCUT2D eigenvalue weighted by Crippen LogP contribution is 2.28. The zero-order valence-corrected chi connectivity index (χ0v) is 18.9. The van der Waals surface area contributed by atoms with Crippen LogP contribution in [0, 0.1) is 20.8 Å². The molecule has 3 rings (SSSR count). The first-order chi connectivity index (χ1) is 15.0. The largest absolute Gasteiger partial charge is 0.363 e. The van der Waals surface area contributed by atoms with E-state index in [1.165, 1.54) is 11.1 Å². The molecule has 2 N–H and O–H groups in total. The molecular weight excluding hydrogens is 384 g/mol. The van der Waals surface area contributed by atoms with Gasteiger partial charge in [0.1, 0.15) is 12.6 Å². The number of hydrogen-bond donors (Lipinski definition) is 2. The summed E-state index contributed by atoms with van der Waals surface area (Å²) in [6, 6.07) is 24.7. The van der Waals surface area contributed by atoms with E-state index in [4.69, 9.17) is 4.74 Å². The normalized spacial score (nSPS) is 12.9. The van der Waals surface area contributed by atoms with Crippen molar-refractivity contribution in [2.75, 3.05) is 32.1 Å². The molecule has 0 aliphatic carbocycles. The van der Waals surface area contributed by atoms with E-state index in [0.29, 0.717) is 13.2 Å². The first-order valence-electron chi connectivity index (χ1n) is 10.8. The van der Waals surface area contributed by atoms with Gasteiger partial charge in [-0.3, -0.25) is 4.79 Å². The molecule has 3 aromatic rings. The van der Waals surface area contributed by atoms with Gasteiger partial charge in [0.15, 0.2) is 6.54 Å². The van der Waals surface area contributed by atoms with Gasteiger partial charge in [0.2, 0.25) is 0 Å². The number of para-hydroxylation sites is 1. The van der Waals surface area contributed by atoms with Gasteiger partial charge in [-0.25, -0.2) is 0 Å². The number of likely N-dealkylation sites (N-methyl/N-ethyl adjacent to an activating group) is 1. The molecule has 2 atom stereocenters. The minimum Gasteiger partial charge on any atom is -0.363 e. The van der Waals surface area contributed by atoms with Crippen molar-refractivity contribution in [2.45, 2.75) is 26.9 Å². The van der Waals surface area contributed by atoms with Crippen LogP contribution in [-0.4, -0.2) is 32.7 Å². The summed E-state index contributed by atoms with van der Waals surface area (Å²) < 4.78 is 6.35. The molecule has 0 bridgehead atoms. The molecule has 0 spiro atoms. The fourth-order valence-electron chi connectivity index (χ4n) is 3.78. The number of anilines is 1. The molecular formula is C27H33N2O2+. The van der Waals surface area contributed by atoms with E-state index in [9.17, 15) is 4.79 Å². The maximum absolute atomic E-state index is 12.5. The molecule has 3 aromatic carbocycles. The van der Waals surface area contributed by atoms with Gasteiger partial charge in [0.05, 0.1) is 13.7 Å². The summed E-state index contributed by atoms with van der Waals surface area (Å²) in [5, 5.41) is 3.07. The van der Waals surface area contributed by atoms with Crippen molar-refractivity contribution in [3.63, 3.8) is 0 Å². The van der Waals surface area contributed by atoms with Crippen LogP contribution in [0.5, 0.6) is 0 Å². The maximum Gasteiger partial charge on any atom is 0.279 e. The smallest absolute Gasteiger partial charge is 0.279 e. The van der Waals surface area contributed by atoms with Crippen LogP contribution in [0.15, 0.2) is 72.8 Å². The average Bonchev–Trinajstić information content (AvgIpc) is 2.75. The number of rotatable bonds is 9. The highest BCUT2D eigenvalue weighted by atomic mass is 16.5. The second-order valence-electron chi connectivity index (χ2n) is 8.22. The Morgan fingerprint density at radius 1 is 0.871 bits per heavy atom. The minimum absolute atomic E-state index is 0.0217. The van der Waals surface area contributed by atoms with Crippen molar-refractivity contribution >= 4 is 11.6 Å². The highest BCUT2D eigenvalue weighted by Gasteiger charge is 2.18. The lowest BCUT2D eigenvalue weighted by Crippen LogP contribution is -3.10. The van der Waals surface area contributed by atoms with E-state index in [-0.39, 0.29) is 12.0 Å². The summed E-state index contributed by atoms with van der Waals surface area (Å²) in [7, 11) is 2.03. The molecule has 0 heterocycles. The van der Waals surface area contributed by atoms with Crippen LogP contribution < -0.4 is 10.2 Å². The first-order valence-corrected chi connectivity index (χ1v) is 10.8. The Kier molecular flexibility index (Phi) is 7.99. The van der Waals surface area contributed by atoms with Gasteiger partial charge in [-0.2, -0.15) is 0 Å². The lowest BCUT2D eigenvalue weighted by atomic mass is 9.97. The molecule has 0 aliphatic rings. The van der Waals surface area contributed by atoms with Crippen LogP contribution in [0.1, 0.15) is 33.9 Å². The highest BCUT2D eigenvalue weighted by molar-refractivity contribution is 5.93. The standard InChI is InChI=1S/C27H32N2O2/c1-20-11-8-9-16-24(20)27(23-14-6-5-7-15-23)31-18-17-29(4)19-25(30)28-26-21(2)12-10-13-22(26)3/h5-16,27H,17-19H2,1-4H3,(H,28,30)/p+1/t27-/m1/s1. The summed E-state index contributed by atoms with van der Waals surface area (Å²) in [4.78, 5) is 13.7. The monoisotopic (exact) mass is 417 g/mol. The summed E-state index contributed by atoms with van der Waals surface area (Å²) in [5.74, 6) is 0.0217. The zero-order valence-electron chi connectivity index (χ0n) is 18.9. The van der Waals surface area contributed by atoms with Gasteiger partial charge in [-0.15, -0.1) is 0 Å². The molecule has 162 valence electrons. The molecule has 0 fully saturated rings. The van der Waals surface area contributed by atoms with Gasteiger partial charge in [-0.1, -0.05) is 72.8 Å². The third-order valence-corrected chi connectivity index (χ3v) is 5.59. The zero-order chi connectivity index (χ0) is 22.2. The number of amides is 1. The van der Waals surface area contributed by atoms with Crippen molar-refractivity contribution in [1.29, 1.82) is 0 Å². The summed E-state index contributed by atoms with van der Waals surface area (Å²) in [6.07, 6.45) is -0.112. The average molecular weight is 418 g/mol. The molecule has 31 heavy (non-hydrogen) atoms. The Morgan fingerprint density at radius 2 is 1.48 bits per heavy atom. The summed E-state index contributed by atoms with van der Waals surface area (Å²) in [6.45, 7) is 7.86. The molecule has 0 aromatic heterocycles. The number of carbonyl (C=O) groups excluding carboxylic acids is 1. The van der Waals surface area contributed by atoms with Crippen LogP contribution in [0.4, 0.5) is 5.69 Å². The van der Waals surface area contributed by atoms with Crippen molar-refractivity contribution in [2.24, 2.45) is 0 Å². The molecule has 4 nitrogen and oxygen atoms in total. The van der Waals surface area contributed by atoms with Gasteiger partial charge in [0.25, 0.3) is 5.91 Å². The number of benzene rings is 3. The summed E-state index contributed by atoms with van der Waals surface area (Å²) in [5.41, 5.74) is 6.61. The second-order valence-corrected chi connectivity index (χ2v) is 8.22. The third-order valence-electron chi connectivity index (χ3n) is 5.59. The lowest BCUT2D eigenvalue weighted by Gasteiger charge is -2.22. The van der Waals surface area contributed by atoms with Crippen molar-refractivity contribution in [3.8, 4) is 0 Å². The minimum atomic E-state index is -0.112. The Balaban J connectivity index is 1.58. The van der Waals surface area contributed by atoms with Crippen molar-refractivity contribution < 1.29 is 14.4 Å². The fraction of sp³-hybridized carbons (Fsp3) is 0.296. The Labute approximate surface area is 185 Å². The fourth-order valence-corrected chi connectivity index (χ4v) is 3.78. The number of hydrogen-bond acceptors (Lipinski definition) is 2. The van der Waals surface area contributed by atoms with Gasteiger partial charge < -0.3 is 15.0 Å². The van der Waals surface area contributed by atoms with E-state index >= 15 is 0 Å². The third kappa shape index (κ3) is 6.27. The number of quaternary nitrogens is 1. The van der Waals surface area contributed by atoms with Gasteiger partial charge in [-0.05, 0) is 48.6 Å². The first kappa shape index (κ1) is 22.7. The number of aryl methyl sites for hydroxylation is 3. The molecule has 1 amide bonds. The van der Waals surface area contributed by atoms with E-state index in [1.807, 2.05) is 63.4 Å². The van der Waals surface area contributed by atoms with Crippen LogP contribution in [0.2, 0.25) is 0 Å². The maximum atomic E-state index is 12.5. The Bertz CT molecular complexity index is 981. The van der Waals surface area contributed by atoms with Crippen molar-refractivity contribution in [1.82, 2.24) is 0 Å². The number of ether oxygens (including phenoxy) is 1. The predicted octanol–water partition coefficient (Wildman–Crippen LogP) is 3.87. The van der Waals surface area contributed by atoms with Crippen LogP contribution >= 0.6 is 0 Å². The van der Waals surface area contributed by atoms with Crippen LogP contribution in [-0.2, 0) is 9.53 Å². The quantitative estimate of drug-likeness (QED) is 0.555. The van der Waals surface area contributed by atoms with Crippen molar-refractivity contribution in [3.05, 3.63) is 101 Å². The number of nitrogens with one attached hydrogen (secondary N) is 2. The molecule has 0 aliphatic heterocycles. The van der Waals surface area contributed by atoms with Crippen LogP contribution in [0.25, 0.3) is 0 Å². The SMILES string of the molecule is Cc1ccccc1[C@H](OCC[NH+](C)CC(=O)Nc1c(C)cccc1C)c1ccccc1. The van der Waals surface area contributed by atoms with E-state index in [1.54, 1.807) is 0 Å². The van der Waals surface area contributed by atoms with E-state index in [2.05, 4.69) is 42.6 Å². The predicted molar refractivity (Wildman–Crippen MR) is 127 cm³/mol. The Morgan fingerprint density at radius 3 is 2.16 bits per heavy atom. The summed E-state index contributed by atoms with van der Waals surface area (Å²) >= 11 is 0. The number of carbonyl (C=O) groups is 1. The molecule has 0 saturated carbocycles. The molecule has 1 unspecified atom stereocenters. The van der Waals surface area contributed by atoms with E-state index < -0.39 is 0 Å². The molecule has 0 radical (unpaired) electrons. The van der Waals surface area contributed by atoms with E-state index in [0.717, 1.165) is 33.8 Å². The van der Waals surface area contributed by atoms with Gasteiger partial charge >= 0.3 is 0 Å². The topological polar surface area (TPSA) is 42.8 Å². The molecule has 4 heteroatoms. The van der Waals surface area contributed by atoms with Crippen LogP contribution in [0.3, 0.4) is 0 Å².